The van der Waals surface area contributed by atoms with Gasteiger partial charge in [0.25, 0.3) is 5.69 Å². The topological polar surface area (TPSA) is 72.8 Å². The number of halogens is 2. The van der Waals surface area contributed by atoms with Gasteiger partial charge in [0.15, 0.2) is 5.82 Å². The van der Waals surface area contributed by atoms with Gasteiger partial charge in [-0.2, -0.15) is 5.10 Å². The average molecular weight is 505 g/mol. The molecule has 4 aromatic rings. The molecule has 1 fully saturated rings. The van der Waals surface area contributed by atoms with Crippen molar-refractivity contribution in [1.82, 2.24) is 4.68 Å². The van der Waals surface area contributed by atoms with Crippen LogP contribution in [0.2, 0.25) is 0 Å². The number of hydrogen-bond donors (Lipinski definition) is 0. The Kier molecular flexibility index (Phi) is 6.81. The molecule has 0 unspecified atom stereocenters. The molecule has 1 heterocycles. The van der Waals surface area contributed by atoms with Gasteiger partial charge in [-0.3, -0.25) is 10.1 Å². The first kappa shape index (κ1) is 23.7. The average Bonchev–Trinajstić information content (AvgIpc) is 3.28. The van der Waals surface area contributed by atoms with Crippen molar-refractivity contribution in [2.75, 3.05) is 0 Å². The van der Waals surface area contributed by atoms with E-state index in [1.807, 2.05) is 18.2 Å². The summed E-state index contributed by atoms with van der Waals surface area (Å²) in [6.45, 7) is 0. The first-order valence-corrected chi connectivity index (χ1v) is 12.4. The van der Waals surface area contributed by atoms with Crippen molar-refractivity contribution >= 4 is 28.4 Å². The predicted octanol–water partition coefficient (Wildman–Crippen LogP) is 7.20. The Hall–Kier alpha value is -3.98. The summed E-state index contributed by atoms with van der Waals surface area (Å²) in [7, 11) is 0. The number of benzene rings is 3. The van der Waals surface area contributed by atoms with Crippen LogP contribution < -0.4 is 4.80 Å². The van der Waals surface area contributed by atoms with Crippen LogP contribution in [0, 0.1) is 21.7 Å². The maximum absolute atomic E-state index is 14.4. The lowest BCUT2D eigenvalue weighted by Gasteiger charge is -2.23. The van der Waals surface area contributed by atoms with Crippen LogP contribution in [-0.4, -0.2) is 15.3 Å². The SMILES string of the molecule is O=[N+]([O-])c1cccc(-c2csc(=Nc3ccc(F)cc3F)n2N=C2CCC(c3ccccc3)CC2)c1. The van der Waals surface area contributed by atoms with Gasteiger partial charge in [0.05, 0.1) is 10.6 Å². The summed E-state index contributed by atoms with van der Waals surface area (Å²) in [5.74, 6) is -0.993. The van der Waals surface area contributed by atoms with Crippen LogP contribution in [0.25, 0.3) is 11.3 Å². The summed E-state index contributed by atoms with van der Waals surface area (Å²) in [6, 6.07) is 19.9. The van der Waals surface area contributed by atoms with Gasteiger partial charge in [0.2, 0.25) is 4.80 Å². The number of thiazole rings is 1. The lowest BCUT2D eigenvalue weighted by molar-refractivity contribution is -0.384. The zero-order chi connectivity index (χ0) is 25.1. The second-order valence-corrected chi connectivity index (χ2v) is 9.42. The fraction of sp³-hybridized carbons (Fsp3) is 0.185. The van der Waals surface area contributed by atoms with E-state index >= 15 is 0 Å². The molecule has 1 aromatic heterocycles. The lowest BCUT2D eigenvalue weighted by Crippen LogP contribution is -2.18. The van der Waals surface area contributed by atoms with Gasteiger partial charge in [-0.25, -0.2) is 18.4 Å². The van der Waals surface area contributed by atoms with E-state index in [1.54, 1.807) is 22.2 Å². The highest BCUT2D eigenvalue weighted by Gasteiger charge is 2.20. The van der Waals surface area contributed by atoms with Crippen molar-refractivity contribution in [3.63, 3.8) is 0 Å². The summed E-state index contributed by atoms with van der Waals surface area (Å²) in [5.41, 5.74) is 3.47. The summed E-state index contributed by atoms with van der Waals surface area (Å²) >= 11 is 1.24. The number of nitrogens with zero attached hydrogens (tertiary/aromatic N) is 4. The quantitative estimate of drug-likeness (QED) is 0.213. The van der Waals surface area contributed by atoms with E-state index in [1.165, 1.54) is 35.1 Å². The molecule has 0 aliphatic heterocycles. The van der Waals surface area contributed by atoms with Crippen molar-refractivity contribution < 1.29 is 13.7 Å². The van der Waals surface area contributed by atoms with Gasteiger partial charge < -0.3 is 0 Å². The Bertz CT molecular complexity index is 1500. The molecule has 0 bridgehead atoms. The van der Waals surface area contributed by atoms with Crippen LogP contribution in [0.5, 0.6) is 0 Å². The van der Waals surface area contributed by atoms with Crippen molar-refractivity contribution in [3.8, 4) is 11.3 Å². The molecule has 1 saturated carbocycles. The molecule has 6 nitrogen and oxygen atoms in total. The molecule has 0 saturated heterocycles. The molecule has 0 spiro atoms. The fourth-order valence-corrected chi connectivity index (χ4v) is 5.22. The Morgan fingerprint density at radius 2 is 1.75 bits per heavy atom. The maximum Gasteiger partial charge on any atom is 0.270 e. The predicted molar refractivity (Wildman–Crippen MR) is 136 cm³/mol. The van der Waals surface area contributed by atoms with Crippen LogP contribution in [-0.2, 0) is 0 Å². The van der Waals surface area contributed by atoms with Crippen molar-refractivity contribution in [3.05, 3.63) is 110 Å². The minimum Gasteiger partial charge on any atom is -0.258 e. The molecular formula is C27H22F2N4O2S. The van der Waals surface area contributed by atoms with Crippen LogP contribution in [0.4, 0.5) is 20.2 Å². The van der Waals surface area contributed by atoms with Gasteiger partial charge in [-0.15, -0.1) is 11.3 Å². The Morgan fingerprint density at radius 3 is 2.47 bits per heavy atom. The Labute approximate surface area is 210 Å². The highest BCUT2D eigenvalue weighted by molar-refractivity contribution is 7.07. The molecule has 1 aliphatic rings. The fourth-order valence-electron chi connectivity index (χ4n) is 4.38. The lowest BCUT2D eigenvalue weighted by atomic mass is 9.83. The molecule has 0 radical (unpaired) electrons. The highest BCUT2D eigenvalue weighted by atomic mass is 32.1. The van der Waals surface area contributed by atoms with Crippen molar-refractivity contribution in [2.24, 2.45) is 10.1 Å². The molecule has 0 atom stereocenters. The van der Waals surface area contributed by atoms with Gasteiger partial charge >= 0.3 is 0 Å². The van der Waals surface area contributed by atoms with E-state index in [0.717, 1.165) is 43.5 Å². The van der Waals surface area contributed by atoms with Crippen LogP contribution in [0.15, 0.2) is 88.3 Å². The zero-order valence-corrected chi connectivity index (χ0v) is 20.0. The summed E-state index contributed by atoms with van der Waals surface area (Å²) in [5, 5.41) is 18.0. The van der Waals surface area contributed by atoms with E-state index in [2.05, 4.69) is 17.1 Å². The molecule has 0 amide bonds. The Morgan fingerprint density at radius 1 is 0.972 bits per heavy atom. The second kappa shape index (κ2) is 10.3. The number of aromatic nitrogens is 1. The summed E-state index contributed by atoms with van der Waals surface area (Å²) < 4.78 is 29.4. The van der Waals surface area contributed by atoms with E-state index in [9.17, 15) is 18.9 Å². The van der Waals surface area contributed by atoms with E-state index in [0.29, 0.717) is 22.0 Å². The molecule has 5 rings (SSSR count). The first-order valence-electron chi connectivity index (χ1n) is 11.5. The third-order valence-corrected chi connectivity index (χ3v) is 7.06. The molecule has 1 aliphatic carbocycles. The normalized spacial score (nSPS) is 16.2. The Balaban J connectivity index is 1.55. The number of hydrogen-bond acceptors (Lipinski definition) is 5. The largest absolute Gasteiger partial charge is 0.270 e. The molecule has 182 valence electrons. The number of nitro benzene ring substituents is 1. The van der Waals surface area contributed by atoms with E-state index < -0.39 is 16.6 Å². The molecule has 36 heavy (non-hydrogen) atoms. The van der Waals surface area contributed by atoms with Gasteiger partial charge in [-0.1, -0.05) is 42.5 Å². The van der Waals surface area contributed by atoms with Gasteiger partial charge in [0.1, 0.15) is 11.5 Å². The highest BCUT2D eigenvalue weighted by Crippen LogP contribution is 2.32. The third-order valence-electron chi connectivity index (χ3n) is 6.24. The summed E-state index contributed by atoms with van der Waals surface area (Å²) in [4.78, 5) is 15.7. The molecule has 3 aromatic carbocycles. The number of non-ortho nitro benzene ring substituents is 1. The van der Waals surface area contributed by atoms with Crippen molar-refractivity contribution in [1.29, 1.82) is 0 Å². The van der Waals surface area contributed by atoms with Crippen LogP contribution in [0.3, 0.4) is 0 Å². The molecule has 0 N–H and O–H groups in total. The number of rotatable bonds is 5. The standard InChI is InChI=1S/C27H22F2N4O2S/c28-21-11-14-25(24(29)16-21)30-27-32(26(17-36-27)20-7-4-8-23(15-20)33(34)35)31-22-12-9-19(10-13-22)18-5-2-1-3-6-18/h1-8,11,14-17,19H,9-10,12-13H2. The van der Waals surface area contributed by atoms with Gasteiger partial charge in [0, 0.05) is 34.9 Å². The van der Waals surface area contributed by atoms with E-state index in [4.69, 9.17) is 5.10 Å². The minimum absolute atomic E-state index is 0.00872. The van der Waals surface area contributed by atoms with Crippen LogP contribution in [0.1, 0.15) is 37.2 Å². The summed E-state index contributed by atoms with van der Waals surface area (Å²) in [6.07, 6.45) is 3.50. The van der Waals surface area contributed by atoms with Crippen LogP contribution >= 0.6 is 11.3 Å². The monoisotopic (exact) mass is 504 g/mol. The number of nitro groups is 1. The van der Waals surface area contributed by atoms with E-state index in [-0.39, 0.29) is 11.4 Å². The first-order chi connectivity index (χ1) is 17.5. The molecular weight excluding hydrogens is 482 g/mol. The minimum atomic E-state index is -0.775. The third kappa shape index (κ3) is 5.16. The maximum atomic E-state index is 14.4. The van der Waals surface area contributed by atoms with Crippen molar-refractivity contribution in [2.45, 2.75) is 31.6 Å². The zero-order valence-electron chi connectivity index (χ0n) is 19.2. The smallest absolute Gasteiger partial charge is 0.258 e. The van der Waals surface area contributed by atoms with Gasteiger partial charge in [-0.05, 0) is 49.3 Å². The second-order valence-electron chi connectivity index (χ2n) is 8.58. The molecule has 9 heteroatoms.